The smallest absolute Gasteiger partial charge is 0.277 e. The first-order valence-electron chi connectivity index (χ1n) is 0.698. The van der Waals surface area contributed by atoms with Crippen LogP contribution in [0, 0.1) is 0 Å². The minimum atomic E-state index is -3.97. The van der Waals surface area contributed by atoms with Gasteiger partial charge in [0.1, 0.15) is 0 Å². The van der Waals surface area contributed by atoms with E-state index in [1.165, 1.54) is 0 Å². The molecule has 0 rings (SSSR count). The molecule has 0 atom stereocenters. The van der Waals surface area contributed by atoms with Crippen LogP contribution in [0.25, 0.3) is 0 Å². The Balaban J connectivity index is 0. The summed E-state index contributed by atoms with van der Waals surface area (Å²) < 4.78 is 25.5. The van der Waals surface area contributed by atoms with E-state index in [2.05, 4.69) is 11.7 Å². The molecule has 0 radical (unpaired) electrons. The second-order valence-electron chi connectivity index (χ2n) is 0.448. The molecule has 0 saturated heterocycles. The van der Waals surface area contributed by atoms with Crippen molar-refractivity contribution in [2.45, 2.75) is 0 Å². The average molecular weight is 242 g/mol. The zero-order valence-electron chi connectivity index (χ0n) is 2.53. The topological polar surface area (TPSA) is 54.4 Å². The lowest BCUT2D eigenvalue weighted by atomic mass is 15.9. The molecule has 40 valence electrons. The molecule has 0 aliphatic heterocycles. The fourth-order valence-corrected chi connectivity index (χ4v) is 0. The summed E-state index contributed by atoms with van der Waals surface area (Å²) in [7, 11) is -3.97. The zero-order valence-corrected chi connectivity index (χ0v) is 6.57. The van der Waals surface area contributed by atoms with Gasteiger partial charge < -0.3 is 0 Å². The van der Waals surface area contributed by atoms with Gasteiger partial charge >= 0.3 is 9.15 Å². The highest BCUT2D eigenvalue weighted by atomic mass is 127. The van der Waals surface area contributed by atoms with Crippen LogP contribution in [0.5, 0.6) is 0 Å². The maximum absolute atomic E-state index is 9.05. The molecular formula is H3IO3S2. The van der Waals surface area contributed by atoms with Crippen LogP contribution in [0.15, 0.2) is 0 Å². The Morgan fingerprint density at radius 1 is 1.50 bits per heavy atom. The van der Waals surface area contributed by atoms with E-state index in [9.17, 15) is 0 Å². The Morgan fingerprint density at radius 3 is 1.50 bits per heavy atom. The third-order valence-electron chi connectivity index (χ3n) is 0. The van der Waals surface area contributed by atoms with E-state index < -0.39 is 9.15 Å². The standard InChI is InChI=1S/HI.H2O3S2/c;1-5(2,3)4/h1H;(H2,1,2,3,4). The first-order valence-corrected chi connectivity index (χ1v) is 3.19. The van der Waals surface area contributed by atoms with Crippen molar-refractivity contribution in [3.63, 3.8) is 0 Å². The van der Waals surface area contributed by atoms with E-state index in [1.54, 1.807) is 0 Å². The number of rotatable bonds is 0. The second-order valence-corrected chi connectivity index (χ2v) is 2.73. The van der Waals surface area contributed by atoms with Crippen molar-refractivity contribution in [3.05, 3.63) is 0 Å². The summed E-state index contributed by atoms with van der Waals surface area (Å²) in [6.07, 6.45) is 0. The summed E-state index contributed by atoms with van der Waals surface area (Å²) in [5.41, 5.74) is 0. The Bertz CT molecular complexity index is 92.0. The molecule has 6 heteroatoms. The molecule has 0 amide bonds. The van der Waals surface area contributed by atoms with Crippen LogP contribution in [-0.2, 0) is 9.15 Å². The molecule has 0 aromatic heterocycles. The SMILES string of the molecule is I.O=S(=O)(O)S. The summed E-state index contributed by atoms with van der Waals surface area (Å²) >= 11 is 2.65. The first kappa shape index (κ1) is 10.1. The maximum Gasteiger partial charge on any atom is 0.316 e. The van der Waals surface area contributed by atoms with E-state index in [1.807, 2.05) is 0 Å². The summed E-state index contributed by atoms with van der Waals surface area (Å²) in [5.74, 6) is 0. The molecule has 0 aromatic carbocycles. The van der Waals surface area contributed by atoms with Crippen LogP contribution in [0.2, 0.25) is 0 Å². The molecule has 0 aromatic rings. The molecule has 1 N–H and O–H groups in total. The predicted octanol–water partition coefficient (Wildman–Crippen LogP) is 0.337. The molecule has 6 heavy (non-hydrogen) atoms. The van der Waals surface area contributed by atoms with Gasteiger partial charge in [0.25, 0.3) is 0 Å². The van der Waals surface area contributed by atoms with Crippen LogP contribution < -0.4 is 0 Å². The summed E-state index contributed by atoms with van der Waals surface area (Å²) in [5, 5.41) is 0. The van der Waals surface area contributed by atoms with Crippen LogP contribution in [0.1, 0.15) is 0 Å². The van der Waals surface area contributed by atoms with Crippen LogP contribution in [-0.4, -0.2) is 13.0 Å². The Hall–Kier alpha value is 0.990. The minimum absolute atomic E-state index is 0. The molecule has 3 nitrogen and oxygen atoms in total. The molecule has 0 aliphatic carbocycles. The van der Waals surface area contributed by atoms with Gasteiger partial charge in [-0.15, -0.1) is 24.0 Å². The van der Waals surface area contributed by atoms with Crippen molar-refractivity contribution >= 4 is 44.8 Å². The number of hydrogen-bond donors (Lipinski definition) is 2. The average Bonchev–Trinajstić information content (AvgIpc) is 0.722. The molecule has 0 aliphatic rings. The fraction of sp³-hybridized carbons (Fsp3) is 0. The lowest BCUT2D eigenvalue weighted by Crippen LogP contribution is -1.78. The van der Waals surface area contributed by atoms with Gasteiger partial charge in [-0.3, -0.25) is 4.55 Å². The Morgan fingerprint density at radius 2 is 1.50 bits per heavy atom. The van der Waals surface area contributed by atoms with Crippen LogP contribution in [0.4, 0.5) is 0 Å². The van der Waals surface area contributed by atoms with E-state index in [4.69, 9.17) is 13.0 Å². The third-order valence-corrected chi connectivity index (χ3v) is 0. The second kappa shape index (κ2) is 3.05. The normalized spacial score (nSPS) is 9.67. The largest absolute Gasteiger partial charge is 0.316 e. The monoisotopic (exact) mass is 242 g/mol. The molecule has 0 bridgehead atoms. The Labute approximate surface area is 57.7 Å². The van der Waals surface area contributed by atoms with Crippen molar-refractivity contribution in [2.24, 2.45) is 0 Å². The van der Waals surface area contributed by atoms with Crippen molar-refractivity contribution < 1.29 is 13.0 Å². The van der Waals surface area contributed by atoms with Crippen LogP contribution in [0.3, 0.4) is 0 Å². The van der Waals surface area contributed by atoms with E-state index in [-0.39, 0.29) is 24.0 Å². The quantitative estimate of drug-likeness (QED) is 0.278. The lowest BCUT2D eigenvalue weighted by Gasteiger charge is -1.67. The van der Waals surface area contributed by atoms with Gasteiger partial charge in [0.2, 0.25) is 0 Å². The van der Waals surface area contributed by atoms with Crippen molar-refractivity contribution in [1.29, 1.82) is 0 Å². The fourth-order valence-electron chi connectivity index (χ4n) is 0. The molecular weight excluding hydrogens is 239 g/mol. The molecule has 0 fully saturated rings. The summed E-state index contributed by atoms with van der Waals surface area (Å²) in [6.45, 7) is 0. The third kappa shape index (κ3) is 81.1. The molecule has 0 saturated carbocycles. The van der Waals surface area contributed by atoms with Crippen molar-refractivity contribution in [2.75, 3.05) is 0 Å². The number of hydrogen-bond acceptors (Lipinski definition) is 2. The van der Waals surface area contributed by atoms with Crippen LogP contribution >= 0.6 is 35.6 Å². The minimum Gasteiger partial charge on any atom is -0.277 e. The molecule has 0 spiro atoms. The van der Waals surface area contributed by atoms with E-state index >= 15 is 0 Å². The van der Waals surface area contributed by atoms with Crippen molar-refractivity contribution in [3.8, 4) is 0 Å². The summed E-state index contributed by atoms with van der Waals surface area (Å²) in [6, 6.07) is 0. The van der Waals surface area contributed by atoms with Gasteiger partial charge in [-0.25, -0.2) is 0 Å². The number of halogens is 1. The first-order chi connectivity index (χ1) is 2.00. The number of thiol groups is 1. The van der Waals surface area contributed by atoms with Gasteiger partial charge in [0, 0.05) is 0 Å². The summed E-state index contributed by atoms with van der Waals surface area (Å²) in [4.78, 5) is 0. The molecule has 0 unspecified atom stereocenters. The van der Waals surface area contributed by atoms with Gasteiger partial charge in [-0.2, -0.15) is 8.42 Å². The van der Waals surface area contributed by atoms with Gasteiger partial charge in [0.05, 0.1) is 0 Å². The van der Waals surface area contributed by atoms with E-state index in [0.29, 0.717) is 0 Å². The maximum atomic E-state index is 9.05. The van der Waals surface area contributed by atoms with Gasteiger partial charge in [-0.1, -0.05) is 0 Å². The van der Waals surface area contributed by atoms with Gasteiger partial charge in [-0.05, 0) is 11.7 Å². The van der Waals surface area contributed by atoms with Crippen molar-refractivity contribution in [1.82, 2.24) is 0 Å². The lowest BCUT2D eigenvalue weighted by molar-refractivity contribution is 0.503. The van der Waals surface area contributed by atoms with Gasteiger partial charge in [0.15, 0.2) is 0 Å². The molecule has 0 heterocycles. The highest BCUT2D eigenvalue weighted by Crippen LogP contribution is 1.81. The Kier molecular flexibility index (Phi) is 5.12. The zero-order chi connectivity index (χ0) is 4.50. The highest BCUT2D eigenvalue weighted by Gasteiger charge is 1.83. The highest BCUT2D eigenvalue weighted by molar-refractivity contribution is 14.0. The van der Waals surface area contributed by atoms with E-state index in [0.717, 1.165) is 0 Å². The predicted molar refractivity (Wildman–Crippen MR) is 35.9 cm³/mol.